The van der Waals surface area contributed by atoms with Crippen molar-refractivity contribution >= 4 is 78.5 Å². The predicted molar refractivity (Wildman–Crippen MR) is 198 cm³/mol. The molecule has 9 heterocycles. The standard InChI is InChI=1S/C36H36FN5O7S4/c1-30(2,3)29(48)49-23-34(19-15-17(37)12-13-20(19)38-24(34)42-26(45)32(5)40(7)28(47)36(23,42)53-51-32)33-18-11-9-8-10-16(18)14-21(33)41-25(44)31(4)39(6)27(46)35(41,22(33)43)52-50-31/h8-13,15,21-24,38,43H,14H2,1-7H3/t21-,22-,23-,24+,31-,32-,33-,34+,35-,36-/m0/s1. The summed E-state index contributed by atoms with van der Waals surface area (Å²) in [4.78, 5) is 73.9. The van der Waals surface area contributed by atoms with E-state index < -0.39 is 89.7 Å². The van der Waals surface area contributed by atoms with Gasteiger partial charge in [-0.3, -0.25) is 28.9 Å². The average Bonchev–Trinajstić information content (AvgIpc) is 3.76. The van der Waals surface area contributed by atoms with Crippen LogP contribution in [0, 0.1) is 11.2 Å². The molecule has 2 aromatic carbocycles. The van der Waals surface area contributed by atoms with Crippen LogP contribution in [0.15, 0.2) is 42.5 Å². The molecule has 9 aliphatic heterocycles. The number of fused-ring (bicyclic) bond motifs is 11. The minimum absolute atomic E-state index is 0.201. The van der Waals surface area contributed by atoms with E-state index >= 15 is 14.0 Å². The van der Waals surface area contributed by atoms with Gasteiger partial charge in [0.2, 0.25) is 9.74 Å². The van der Waals surface area contributed by atoms with E-state index in [-0.39, 0.29) is 17.9 Å². The van der Waals surface area contributed by atoms with Gasteiger partial charge < -0.3 is 29.9 Å². The summed E-state index contributed by atoms with van der Waals surface area (Å²) in [5, 5.41) is 17.1. The number of aliphatic hydroxyl groups excluding tert-OH is 1. The lowest BCUT2D eigenvalue weighted by Gasteiger charge is -2.58. The normalized spacial score (nSPS) is 42.7. The van der Waals surface area contributed by atoms with Crippen molar-refractivity contribution in [3.8, 4) is 0 Å². The number of hydrogen-bond donors (Lipinski definition) is 2. The van der Waals surface area contributed by atoms with Crippen molar-refractivity contribution in [2.24, 2.45) is 5.41 Å². The van der Waals surface area contributed by atoms with E-state index in [1.807, 2.05) is 18.2 Å². The van der Waals surface area contributed by atoms with Gasteiger partial charge in [-0.2, -0.15) is 0 Å². The van der Waals surface area contributed by atoms with Gasteiger partial charge in [-0.15, -0.1) is 0 Å². The molecule has 0 saturated carbocycles. The third kappa shape index (κ3) is 3.25. The maximum absolute atomic E-state index is 16.0. The highest BCUT2D eigenvalue weighted by Gasteiger charge is 2.93. The average molecular weight is 798 g/mol. The smallest absolute Gasteiger partial charge is 0.311 e. The van der Waals surface area contributed by atoms with Crippen LogP contribution >= 0.6 is 43.2 Å². The molecule has 4 bridgehead atoms. The third-order valence-electron chi connectivity index (χ3n) is 13.3. The minimum atomic E-state index is -1.90. The number of nitrogens with one attached hydrogen (secondary N) is 1. The first-order chi connectivity index (χ1) is 24.8. The van der Waals surface area contributed by atoms with E-state index in [0.717, 1.165) is 27.2 Å². The Morgan fingerprint density at radius 3 is 2.11 bits per heavy atom. The number of piperazine rings is 2. The molecule has 1 aliphatic carbocycles. The van der Waals surface area contributed by atoms with Gasteiger partial charge >= 0.3 is 5.97 Å². The van der Waals surface area contributed by atoms with Crippen molar-refractivity contribution in [3.63, 3.8) is 0 Å². The van der Waals surface area contributed by atoms with E-state index in [9.17, 15) is 19.5 Å². The van der Waals surface area contributed by atoms with Crippen molar-refractivity contribution in [3.05, 3.63) is 65.0 Å². The first-order valence-corrected chi connectivity index (χ1v) is 21.7. The van der Waals surface area contributed by atoms with Gasteiger partial charge in [0.15, 0.2) is 15.8 Å². The molecule has 0 aromatic heterocycles. The van der Waals surface area contributed by atoms with Crippen molar-refractivity contribution in [2.75, 3.05) is 19.4 Å². The SMILES string of the molecule is CN1C(=O)[C@]23SS[C@@]1(C)C(=O)N2[C@H]1Cc2ccccc2[C@@]1([C@@]12c4cc(F)ccc4N[C@@H]1N1C(=O)[C@]4(C)SS[C@]1(C(=O)N4C)[C@H]2OC(=O)C(C)(C)C)[C@@H]3O. The van der Waals surface area contributed by atoms with Crippen molar-refractivity contribution in [2.45, 2.75) is 95.8 Å². The summed E-state index contributed by atoms with van der Waals surface area (Å²) in [6.45, 7) is 8.40. The molecule has 0 unspecified atom stereocenters. The highest BCUT2D eigenvalue weighted by Crippen LogP contribution is 2.79. The van der Waals surface area contributed by atoms with E-state index in [4.69, 9.17) is 4.74 Å². The Hall–Kier alpha value is -3.12. The molecule has 278 valence electrons. The Labute approximate surface area is 320 Å². The van der Waals surface area contributed by atoms with Crippen LogP contribution in [0.4, 0.5) is 10.1 Å². The van der Waals surface area contributed by atoms with E-state index in [1.165, 1.54) is 53.3 Å². The molecule has 12 rings (SSSR count). The van der Waals surface area contributed by atoms with Gasteiger partial charge in [-0.25, -0.2) is 4.39 Å². The zero-order chi connectivity index (χ0) is 37.8. The van der Waals surface area contributed by atoms with Gasteiger partial charge in [0.1, 0.15) is 18.1 Å². The number of benzene rings is 2. The third-order valence-corrected chi connectivity index (χ3v) is 20.7. The molecule has 0 radical (unpaired) electrons. The monoisotopic (exact) mass is 797 g/mol. The summed E-state index contributed by atoms with van der Waals surface area (Å²) < 4.78 is 22.8. The van der Waals surface area contributed by atoms with Crippen LogP contribution < -0.4 is 5.32 Å². The molecule has 8 saturated heterocycles. The fourth-order valence-corrected chi connectivity index (χ4v) is 17.8. The Morgan fingerprint density at radius 2 is 1.45 bits per heavy atom. The molecule has 4 amide bonds. The second-order valence-electron chi connectivity index (χ2n) is 16.6. The lowest BCUT2D eigenvalue weighted by molar-refractivity contribution is -0.177. The van der Waals surface area contributed by atoms with Crippen LogP contribution in [0.2, 0.25) is 0 Å². The number of nitrogens with zero attached hydrogens (tertiary/aromatic N) is 4. The minimum Gasteiger partial charge on any atom is -0.457 e. The quantitative estimate of drug-likeness (QED) is 0.341. The fraction of sp³-hybridized carbons (Fsp3) is 0.528. The van der Waals surface area contributed by atoms with Crippen molar-refractivity contribution in [1.82, 2.24) is 19.6 Å². The molecular formula is C36H36FN5O7S4. The topological polar surface area (TPSA) is 140 Å². The zero-order valence-corrected chi connectivity index (χ0v) is 33.0. The van der Waals surface area contributed by atoms with E-state index in [2.05, 4.69) is 5.32 Å². The molecule has 2 aromatic rings. The number of esters is 1. The summed E-state index contributed by atoms with van der Waals surface area (Å²) in [5.41, 5.74) is -2.66. The van der Waals surface area contributed by atoms with Gasteiger partial charge in [-0.05, 0) is 97.5 Å². The van der Waals surface area contributed by atoms with Crippen LogP contribution in [-0.4, -0.2) is 112 Å². The Morgan fingerprint density at radius 1 is 0.849 bits per heavy atom. The second kappa shape index (κ2) is 9.81. The zero-order valence-electron chi connectivity index (χ0n) is 29.8. The molecule has 17 heteroatoms. The Kier molecular flexibility index (Phi) is 6.36. The maximum Gasteiger partial charge on any atom is 0.311 e. The number of ether oxygens (including phenoxy) is 1. The van der Waals surface area contributed by atoms with Crippen LogP contribution in [0.25, 0.3) is 0 Å². The Balaban J connectivity index is 1.39. The van der Waals surface area contributed by atoms with Crippen LogP contribution in [-0.2, 0) is 46.0 Å². The van der Waals surface area contributed by atoms with Crippen molar-refractivity contribution in [1.29, 1.82) is 0 Å². The molecule has 12 nitrogen and oxygen atoms in total. The molecule has 10 atom stereocenters. The number of likely N-dealkylation sites (N-methyl/N-ethyl adjacent to an activating group) is 2. The van der Waals surface area contributed by atoms with E-state index in [0.29, 0.717) is 11.3 Å². The number of halogens is 1. The number of anilines is 1. The van der Waals surface area contributed by atoms with Gasteiger partial charge in [-0.1, -0.05) is 45.9 Å². The van der Waals surface area contributed by atoms with Gasteiger partial charge in [0.05, 0.1) is 22.3 Å². The summed E-state index contributed by atoms with van der Waals surface area (Å²) in [6.07, 6.45) is -4.26. The molecule has 53 heavy (non-hydrogen) atoms. The van der Waals surface area contributed by atoms with Gasteiger partial charge in [0, 0.05) is 19.8 Å². The number of aliphatic hydroxyl groups is 1. The van der Waals surface area contributed by atoms with Gasteiger partial charge in [0.25, 0.3) is 23.6 Å². The van der Waals surface area contributed by atoms with Crippen LogP contribution in [0.5, 0.6) is 0 Å². The lowest BCUT2D eigenvalue weighted by Crippen LogP contribution is -2.77. The number of carbonyl (C=O) groups excluding carboxylic acids is 5. The highest BCUT2D eigenvalue weighted by atomic mass is 33.1. The van der Waals surface area contributed by atoms with Crippen molar-refractivity contribution < 1.29 is 38.2 Å². The molecule has 2 N–H and O–H groups in total. The molecule has 2 spiro atoms. The molecule has 10 aliphatic rings. The second-order valence-corrected chi connectivity index (χ2v) is 22.1. The molecule has 8 fully saturated rings. The van der Waals surface area contributed by atoms with E-state index in [1.54, 1.807) is 60.8 Å². The maximum atomic E-state index is 16.0. The highest BCUT2D eigenvalue weighted by molar-refractivity contribution is 8.78. The summed E-state index contributed by atoms with van der Waals surface area (Å²) in [7, 11) is 7.75. The number of hydrogen-bond acceptors (Lipinski definition) is 12. The van der Waals surface area contributed by atoms with Crippen LogP contribution in [0.3, 0.4) is 0 Å². The number of rotatable bonds is 2. The summed E-state index contributed by atoms with van der Waals surface area (Å²) in [5.74, 6) is -3.07. The summed E-state index contributed by atoms with van der Waals surface area (Å²) >= 11 is 0. The Bertz CT molecular complexity index is 2170. The molecular weight excluding hydrogens is 762 g/mol. The first-order valence-electron chi connectivity index (χ1n) is 17.4. The first kappa shape index (κ1) is 34.4. The number of carbonyl (C=O) groups is 5. The summed E-state index contributed by atoms with van der Waals surface area (Å²) in [6, 6.07) is 10.6. The number of amides is 4. The predicted octanol–water partition coefficient (Wildman–Crippen LogP) is 3.24. The fourth-order valence-electron chi connectivity index (χ4n) is 10.7. The van der Waals surface area contributed by atoms with Crippen LogP contribution in [0.1, 0.15) is 51.3 Å². The lowest BCUT2D eigenvalue weighted by atomic mass is 9.51. The largest absolute Gasteiger partial charge is 0.457 e.